The predicted octanol–water partition coefficient (Wildman–Crippen LogP) is 4.16. The smallest absolute Gasteiger partial charge is 0.258 e. The van der Waals surface area contributed by atoms with Gasteiger partial charge in [0.15, 0.2) is 0 Å². The zero-order valence-corrected chi connectivity index (χ0v) is 23.7. The van der Waals surface area contributed by atoms with Gasteiger partial charge in [-0.2, -0.15) is 24.7 Å². The molecular formula is C27H34ClN9O2. The lowest BCUT2D eigenvalue weighted by molar-refractivity contribution is 0.352. The lowest BCUT2D eigenvalue weighted by atomic mass is 9.91. The maximum atomic E-state index is 6.73. The number of hydrogen-bond donors (Lipinski definition) is 2. The van der Waals surface area contributed by atoms with Crippen molar-refractivity contribution in [3.05, 3.63) is 46.7 Å². The molecule has 11 nitrogen and oxygen atoms in total. The van der Waals surface area contributed by atoms with Gasteiger partial charge in [0.2, 0.25) is 17.7 Å². The third-order valence-corrected chi connectivity index (χ3v) is 7.42. The van der Waals surface area contributed by atoms with Crippen molar-refractivity contribution in [2.24, 2.45) is 0 Å². The number of ether oxygens (including phenoxy) is 2. The van der Waals surface area contributed by atoms with Crippen LogP contribution in [0.4, 0.5) is 11.8 Å². The van der Waals surface area contributed by atoms with Gasteiger partial charge in [-0.3, -0.25) is 0 Å². The molecule has 0 saturated heterocycles. The fourth-order valence-electron chi connectivity index (χ4n) is 4.90. The Morgan fingerprint density at radius 3 is 2.31 bits per heavy atom. The highest BCUT2D eigenvalue weighted by Crippen LogP contribution is 2.28. The van der Waals surface area contributed by atoms with Crippen LogP contribution >= 0.6 is 11.6 Å². The molecule has 4 aromatic rings. The van der Waals surface area contributed by atoms with E-state index in [-0.39, 0.29) is 0 Å². The second-order valence-corrected chi connectivity index (χ2v) is 10.2. The number of nitrogens with one attached hydrogen (secondary N) is 2. The van der Waals surface area contributed by atoms with Crippen molar-refractivity contribution in [2.45, 2.75) is 51.2 Å². The molecule has 206 valence electrons. The molecule has 1 aromatic carbocycles. The SMILES string of the molecule is COc1cc(OC)nc(-n2nc(C)c(CN[C@H]3CC[C@@H](Nc4nc(N(C)C)c5ccccc5n4)CC3)c2Cl)n1. The second-order valence-electron chi connectivity index (χ2n) is 9.88. The molecule has 0 atom stereocenters. The molecule has 3 aromatic heterocycles. The number of hydrogen-bond acceptors (Lipinski definition) is 10. The molecule has 0 aliphatic heterocycles. The Bertz CT molecular complexity index is 1430. The second kappa shape index (κ2) is 11.6. The van der Waals surface area contributed by atoms with Crippen molar-refractivity contribution in [1.29, 1.82) is 0 Å². The number of aromatic nitrogens is 6. The third kappa shape index (κ3) is 5.84. The van der Waals surface area contributed by atoms with E-state index in [1.165, 1.54) is 18.9 Å². The van der Waals surface area contributed by atoms with E-state index < -0.39 is 0 Å². The van der Waals surface area contributed by atoms with Crippen molar-refractivity contribution in [1.82, 2.24) is 35.0 Å². The Kier molecular flexibility index (Phi) is 7.99. The molecule has 2 N–H and O–H groups in total. The van der Waals surface area contributed by atoms with E-state index >= 15 is 0 Å². The molecule has 5 rings (SSSR count). The van der Waals surface area contributed by atoms with Gasteiger partial charge in [0, 0.05) is 43.7 Å². The summed E-state index contributed by atoms with van der Waals surface area (Å²) >= 11 is 6.73. The summed E-state index contributed by atoms with van der Waals surface area (Å²) in [7, 11) is 7.09. The van der Waals surface area contributed by atoms with Crippen LogP contribution in [0.2, 0.25) is 5.15 Å². The van der Waals surface area contributed by atoms with Crippen molar-refractivity contribution in [2.75, 3.05) is 38.5 Å². The first-order valence-corrected chi connectivity index (χ1v) is 13.4. The van der Waals surface area contributed by atoms with E-state index in [0.717, 1.165) is 53.7 Å². The van der Waals surface area contributed by atoms with Gasteiger partial charge in [-0.1, -0.05) is 23.7 Å². The minimum Gasteiger partial charge on any atom is -0.481 e. The third-order valence-electron chi connectivity index (χ3n) is 7.03. The van der Waals surface area contributed by atoms with Crippen LogP contribution in [0.1, 0.15) is 36.9 Å². The highest BCUT2D eigenvalue weighted by Gasteiger charge is 2.24. The number of nitrogens with zero attached hydrogens (tertiary/aromatic N) is 7. The summed E-state index contributed by atoms with van der Waals surface area (Å²) in [6.45, 7) is 2.54. The summed E-state index contributed by atoms with van der Waals surface area (Å²) in [5.41, 5.74) is 2.68. The highest BCUT2D eigenvalue weighted by atomic mass is 35.5. The topological polar surface area (TPSA) is 115 Å². The van der Waals surface area contributed by atoms with Crippen molar-refractivity contribution >= 4 is 34.3 Å². The first kappa shape index (κ1) is 26.9. The number of rotatable bonds is 9. The highest BCUT2D eigenvalue weighted by molar-refractivity contribution is 6.30. The largest absolute Gasteiger partial charge is 0.481 e. The fourth-order valence-corrected chi connectivity index (χ4v) is 5.21. The monoisotopic (exact) mass is 551 g/mol. The number of fused-ring (bicyclic) bond motifs is 1. The fraction of sp³-hybridized carbons (Fsp3) is 0.444. The molecule has 39 heavy (non-hydrogen) atoms. The number of halogens is 1. The minimum atomic E-state index is 0.297. The minimum absolute atomic E-state index is 0.297. The summed E-state index contributed by atoms with van der Waals surface area (Å²) < 4.78 is 12.0. The van der Waals surface area contributed by atoms with Gasteiger partial charge in [-0.15, -0.1) is 0 Å². The van der Waals surface area contributed by atoms with Crippen molar-refractivity contribution in [3.8, 4) is 17.7 Å². The van der Waals surface area contributed by atoms with Gasteiger partial charge in [0.05, 0.1) is 31.5 Å². The number of aryl methyl sites for hydroxylation is 1. The van der Waals surface area contributed by atoms with Gasteiger partial charge < -0.3 is 25.0 Å². The van der Waals surface area contributed by atoms with Crippen LogP contribution in [-0.2, 0) is 6.54 Å². The van der Waals surface area contributed by atoms with E-state index in [2.05, 4.69) is 31.8 Å². The molecule has 1 aliphatic rings. The number of benzene rings is 1. The first-order chi connectivity index (χ1) is 18.9. The summed E-state index contributed by atoms with van der Waals surface area (Å²) in [6.07, 6.45) is 4.11. The maximum absolute atomic E-state index is 6.73. The molecule has 0 spiro atoms. The van der Waals surface area contributed by atoms with Crippen molar-refractivity contribution in [3.63, 3.8) is 0 Å². The summed E-state index contributed by atoms with van der Waals surface area (Å²) in [4.78, 5) is 20.3. The standard InChI is InChI=1S/C27H34ClN9O2/c1-16-20(24(28)37(35-16)27-32-22(38-4)14-23(33-27)39-5)15-29-17-10-12-18(13-11-17)30-26-31-21-9-7-6-8-19(21)25(34-26)36(2)3/h6-9,14,17-18,29H,10-13,15H2,1-5H3,(H,30,31,34)/t17-,18+. The molecule has 3 heterocycles. The van der Waals surface area contributed by atoms with Gasteiger partial charge in [0.1, 0.15) is 11.0 Å². The Morgan fingerprint density at radius 1 is 0.974 bits per heavy atom. The number of anilines is 2. The van der Waals surface area contributed by atoms with Crippen LogP contribution in [0.15, 0.2) is 30.3 Å². The molecule has 0 amide bonds. The predicted molar refractivity (Wildman–Crippen MR) is 152 cm³/mol. The molecule has 1 fully saturated rings. The molecular weight excluding hydrogens is 518 g/mol. The van der Waals surface area contributed by atoms with Crippen LogP contribution in [0.3, 0.4) is 0 Å². The normalized spacial score (nSPS) is 17.3. The van der Waals surface area contributed by atoms with Gasteiger partial charge in [0.25, 0.3) is 5.95 Å². The zero-order chi connectivity index (χ0) is 27.5. The van der Waals surface area contributed by atoms with E-state index in [0.29, 0.717) is 47.4 Å². The molecule has 0 radical (unpaired) electrons. The van der Waals surface area contributed by atoms with Crippen LogP contribution in [0.25, 0.3) is 16.9 Å². The Labute approximate surface area is 232 Å². The number of methoxy groups -OCH3 is 2. The van der Waals surface area contributed by atoms with E-state index in [1.54, 1.807) is 6.07 Å². The Hall–Kier alpha value is -3.70. The van der Waals surface area contributed by atoms with Gasteiger partial charge in [-0.05, 0) is 44.7 Å². The first-order valence-electron chi connectivity index (χ1n) is 13.0. The average molecular weight is 552 g/mol. The quantitative estimate of drug-likeness (QED) is 0.314. The van der Waals surface area contributed by atoms with Gasteiger partial charge in [-0.25, -0.2) is 4.98 Å². The summed E-state index contributed by atoms with van der Waals surface area (Å²) in [6, 6.07) is 10.4. The van der Waals surface area contributed by atoms with Gasteiger partial charge >= 0.3 is 0 Å². The Balaban J connectivity index is 1.20. The molecule has 0 bridgehead atoms. The lowest BCUT2D eigenvalue weighted by Crippen LogP contribution is -2.37. The van der Waals surface area contributed by atoms with E-state index in [1.807, 2.05) is 44.1 Å². The Morgan fingerprint density at radius 2 is 1.64 bits per heavy atom. The summed E-state index contributed by atoms with van der Waals surface area (Å²) in [5.74, 6) is 2.64. The zero-order valence-electron chi connectivity index (χ0n) is 22.9. The lowest BCUT2D eigenvalue weighted by Gasteiger charge is -2.30. The average Bonchev–Trinajstić information content (AvgIpc) is 3.24. The molecule has 1 aliphatic carbocycles. The van der Waals surface area contributed by atoms with Crippen LogP contribution < -0.4 is 25.0 Å². The van der Waals surface area contributed by atoms with Crippen molar-refractivity contribution < 1.29 is 9.47 Å². The van der Waals surface area contributed by atoms with Crippen LogP contribution in [0.5, 0.6) is 11.8 Å². The van der Waals surface area contributed by atoms with Crippen LogP contribution in [0, 0.1) is 6.92 Å². The molecule has 12 heteroatoms. The summed E-state index contributed by atoms with van der Waals surface area (Å²) in [5, 5.41) is 13.3. The van der Waals surface area contributed by atoms with E-state index in [9.17, 15) is 0 Å². The maximum Gasteiger partial charge on any atom is 0.258 e. The number of para-hydroxylation sites is 1. The molecule has 0 unspecified atom stereocenters. The van der Waals surface area contributed by atoms with E-state index in [4.69, 9.17) is 31.0 Å². The molecule has 1 saturated carbocycles. The van der Waals surface area contributed by atoms with Crippen LogP contribution in [-0.4, -0.2) is 70.1 Å².